The van der Waals surface area contributed by atoms with Crippen LogP contribution in [0.5, 0.6) is 0 Å². The molecule has 0 saturated carbocycles. The predicted octanol–water partition coefficient (Wildman–Crippen LogP) is 1.24. The van der Waals surface area contributed by atoms with Gasteiger partial charge >= 0.3 is 5.97 Å². The number of rotatable bonds is 3. The lowest BCUT2D eigenvalue weighted by atomic mass is 10.1. The van der Waals surface area contributed by atoms with Crippen LogP contribution in [0.3, 0.4) is 0 Å². The van der Waals surface area contributed by atoms with Gasteiger partial charge in [-0.15, -0.1) is 0 Å². The van der Waals surface area contributed by atoms with Crippen molar-refractivity contribution < 1.29 is 9.53 Å². The van der Waals surface area contributed by atoms with Crippen LogP contribution >= 0.6 is 0 Å². The normalized spacial score (nSPS) is 10.3. The summed E-state index contributed by atoms with van der Waals surface area (Å²) >= 11 is 0. The molecule has 0 atom stereocenters. The predicted molar refractivity (Wildman–Crippen MR) is 66.8 cm³/mol. The van der Waals surface area contributed by atoms with Crippen LogP contribution in [0, 0.1) is 0 Å². The van der Waals surface area contributed by atoms with Crippen molar-refractivity contribution in [1.29, 1.82) is 0 Å². The number of pyridine rings is 1. The standard InChI is InChI=1S/C12H14N4O2/c1-3-18-12(17)10-9(11(13)16(2)15-10)8-5-4-6-14-7-8/h4-7H,3,13H2,1-2H3. The average molecular weight is 246 g/mol. The van der Waals surface area contributed by atoms with E-state index in [-0.39, 0.29) is 5.69 Å². The topological polar surface area (TPSA) is 83.0 Å². The van der Waals surface area contributed by atoms with Gasteiger partial charge in [-0.2, -0.15) is 5.10 Å². The van der Waals surface area contributed by atoms with Crippen LogP contribution in [0.4, 0.5) is 5.82 Å². The SMILES string of the molecule is CCOC(=O)c1nn(C)c(N)c1-c1cccnc1. The third-order valence-electron chi connectivity index (χ3n) is 2.51. The van der Waals surface area contributed by atoms with Gasteiger partial charge in [-0.1, -0.05) is 6.07 Å². The number of carbonyl (C=O) groups excluding carboxylic acids is 1. The van der Waals surface area contributed by atoms with Gasteiger partial charge in [-0.05, 0) is 13.0 Å². The summed E-state index contributed by atoms with van der Waals surface area (Å²) in [4.78, 5) is 15.8. The molecule has 0 radical (unpaired) electrons. The molecular formula is C12H14N4O2. The molecule has 0 bridgehead atoms. The Kier molecular flexibility index (Phi) is 3.27. The maximum Gasteiger partial charge on any atom is 0.359 e. The van der Waals surface area contributed by atoms with Crippen molar-refractivity contribution in [3.8, 4) is 11.1 Å². The molecule has 0 fully saturated rings. The molecule has 2 heterocycles. The van der Waals surface area contributed by atoms with E-state index in [0.29, 0.717) is 18.0 Å². The Labute approximate surface area is 104 Å². The molecule has 6 heteroatoms. The molecule has 2 aromatic heterocycles. The number of hydrogen-bond acceptors (Lipinski definition) is 5. The molecule has 0 aliphatic carbocycles. The lowest BCUT2D eigenvalue weighted by Crippen LogP contribution is -2.07. The largest absolute Gasteiger partial charge is 0.461 e. The molecule has 0 unspecified atom stereocenters. The monoisotopic (exact) mass is 246 g/mol. The van der Waals surface area contributed by atoms with Gasteiger partial charge in [0.25, 0.3) is 0 Å². The number of nitrogens with zero attached hydrogens (tertiary/aromatic N) is 3. The summed E-state index contributed by atoms with van der Waals surface area (Å²) in [5, 5.41) is 4.09. The second-order valence-electron chi connectivity index (χ2n) is 3.69. The molecule has 0 saturated heterocycles. The van der Waals surface area contributed by atoms with E-state index < -0.39 is 5.97 Å². The molecule has 0 aromatic carbocycles. The fraction of sp³-hybridized carbons (Fsp3) is 0.250. The maximum absolute atomic E-state index is 11.8. The molecular weight excluding hydrogens is 232 g/mol. The molecule has 94 valence electrons. The highest BCUT2D eigenvalue weighted by atomic mass is 16.5. The van der Waals surface area contributed by atoms with Gasteiger partial charge in [0.15, 0.2) is 5.69 Å². The van der Waals surface area contributed by atoms with Crippen molar-refractivity contribution in [3.05, 3.63) is 30.2 Å². The lowest BCUT2D eigenvalue weighted by molar-refractivity contribution is 0.0519. The molecule has 0 aliphatic rings. The minimum Gasteiger partial charge on any atom is -0.461 e. The Morgan fingerprint density at radius 3 is 2.94 bits per heavy atom. The number of nitrogen functional groups attached to an aromatic ring is 1. The first kappa shape index (κ1) is 12.1. The number of aryl methyl sites for hydroxylation is 1. The van der Waals surface area contributed by atoms with Gasteiger partial charge in [-0.3, -0.25) is 9.67 Å². The van der Waals surface area contributed by atoms with Crippen LogP contribution < -0.4 is 5.73 Å². The quantitative estimate of drug-likeness (QED) is 0.824. The summed E-state index contributed by atoms with van der Waals surface area (Å²) in [6.45, 7) is 2.04. The lowest BCUT2D eigenvalue weighted by Gasteiger charge is -2.03. The highest BCUT2D eigenvalue weighted by Crippen LogP contribution is 2.28. The van der Waals surface area contributed by atoms with Gasteiger partial charge in [0.05, 0.1) is 12.2 Å². The van der Waals surface area contributed by atoms with E-state index >= 15 is 0 Å². The summed E-state index contributed by atoms with van der Waals surface area (Å²) in [6, 6.07) is 3.60. The van der Waals surface area contributed by atoms with Gasteiger partial charge in [0.1, 0.15) is 5.82 Å². The Morgan fingerprint density at radius 1 is 1.56 bits per heavy atom. The average Bonchev–Trinajstić information content (AvgIpc) is 2.67. The number of carbonyl (C=O) groups is 1. The third-order valence-corrected chi connectivity index (χ3v) is 2.51. The fourth-order valence-electron chi connectivity index (χ4n) is 1.67. The Balaban J connectivity index is 2.55. The van der Waals surface area contributed by atoms with Crippen molar-refractivity contribution in [2.75, 3.05) is 12.3 Å². The number of anilines is 1. The first-order chi connectivity index (χ1) is 8.65. The number of aromatic nitrogens is 3. The van der Waals surface area contributed by atoms with Crippen molar-refractivity contribution in [2.24, 2.45) is 7.05 Å². The molecule has 18 heavy (non-hydrogen) atoms. The van der Waals surface area contributed by atoms with E-state index in [4.69, 9.17) is 10.5 Å². The van der Waals surface area contributed by atoms with Crippen LogP contribution in [-0.2, 0) is 11.8 Å². The van der Waals surface area contributed by atoms with Crippen molar-refractivity contribution in [1.82, 2.24) is 14.8 Å². The Bertz CT molecular complexity index is 563. The number of hydrogen-bond donors (Lipinski definition) is 1. The van der Waals surface area contributed by atoms with Crippen LogP contribution in [0.25, 0.3) is 11.1 Å². The Morgan fingerprint density at radius 2 is 2.33 bits per heavy atom. The van der Waals surface area contributed by atoms with Gasteiger partial charge in [-0.25, -0.2) is 4.79 Å². The molecule has 2 rings (SSSR count). The summed E-state index contributed by atoms with van der Waals surface area (Å²) in [7, 11) is 1.68. The summed E-state index contributed by atoms with van der Waals surface area (Å²) in [5.74, 6) is -0.0743. The number of esters is 1. The van der Waals surface area contributed by atoms with Crippen molar-refractivity contribution in [2.45, 2.75) is 6.92 Å². The zero-order chi connectivity index (χ0) is 13.1. The van der Waals surface area contributed by atoms with Gasteiger partial charge in [0, 0.05) is 25.0 Å². The zero-order valence-electron chi connectivity index (χ0n) is 10.3. The minimum absolute atomic E-state index is 0.213. The van der Waals surface area contributed by atoms with Crippen LogP contribution in [0.1, 0.15) is 17.4 Å². The molecule has 6 nitrogen and oxygen atoms in total. The fourth-order valence-corrected chi connectivity index (χ4v) is 1.67. The maximum atomic E-state index is 11.8. The third kappa shape index (κ3) is 2.04. The molecule has 2 N–H and O–H groups in total. The van der Waals surface area contributed by atoms with E-state index in [1.807, 2.05) is 6.07 Å². The van der Waals surface area contributed by atoms with Crippen molar-refractivity contribution in [3.63, 3.8) is 0 Å². The number of nitrogens with two attached hydrogens (primary N) is 1. The van der Waals surface area contributed by atoms with E-state index in [1.165, 1.54) is 4.68 Å². The van der Waals surface area contributed by atoms with Gasteiger partial charge < -0.3 is 10.5 Å². The first-order valence-corrected chi connectivity index (χ1v) is 5.55. The van der Waals surface area contributed by atoms with E-state index in [1.54, 1.807) is 32.4 Å². The smallest absolute Gasteiger partial charge is 0.359 e. The second-order valence-corrected chi connectivity index (χ2v) is 3.69. The van der Waals surface area contributed by atoms with Crippen LogP contribution in [0.2, 0.25) is 0 Å². The summed E-state index contributed by atoms with van der Waals surface area (Å²) in [6.07, 6.45) is 3.29. The van der Waals surface area contributed by atoms with Crippen molar-refractivity contribution >= 4 is 11.8 Å². The van der Waals surface area contributed by atoms with Gasteiger partial charge in [0.2, 0.25) is 0 Å². The Hall–Kier alpha value is -2.37. The highest BCUT2D eigenvalue weighted by molar-refractivity contribution is 5.98. The highest BCUT2D eigenvalue weighted by Gasteiger charge is 2.22. The van der Waals surface area contributed by atoms with E-state index in [9.17, 15) is 4.79 Å². The van der Waals surface area contributed by atoms with Crippen LogP contribution in [-0.4, -0.2) is 27.3 Å². The number of ether oxygens (including phenoxy) is 1. The molecule has 0 aliphatic heterocycles. The minimum atomic E-state index is -0.483. The zero-order valence-corrected chi connectivity index (χ0v) is 10.3. The van der Waals surface area contributed by atoms with E-state index in [0.717, 1.165) is 5.56 Å². The first-order valence-electron chi connectivity index (χ1n) is 5.55. The molecule has 2 aromatic rings. The molecule has 0 amide bonds. The summed E-state index contributed by atoms with van der Waals surface area (Å²) < 4.78 is 6.42. The summed E-state index contributed by atoms with van der Waals surface area (Å²) in [5.41, 5.74) is 7.45. The second kappa shape index (κ2) is 4.87. The van der Waals surface area contributed by atoms with E-state index in [2.05, 4.69) is 10.1 Å². The van der Waals surface area contributed by atoms with Crippen LogP contribution in [0.15, 0.2) is 24.5 Å². The molecule has 0 spiro atoms.